The fourth-order valence-corrected chi connectivity index (χ4v) is 1.76. The summed E-state index contributed by atoms with van der Waals surface area (Å²) in [5.41, 5.74) is -0.203. The van der Waals surface area contributed by atoms with E-state index in [2.05, 4.69) is 5.32 Å². The van der Waals surface area contributed by atoms with Crippen molar-refractivity contribution in [2.75, 3.05) is 11.6 Å². The number of carbonyl (C=O) groups excluding carboxylic acids is 1. The van der Waals surface area contributed by atoms with Crippen LogP contribution in [-0.2, 0) is 14.6 Å². The number of rotatable bonds is 3. The average Bonchev–Trinajstić information content (AvgIpc) is 2.19. The molecular formula is C10H11ClFNO3S. The van der Waals surface area contributed by atoms with Crippen molar-refractivity contribution in [1.29, 1.82) is 0 Å². The number of alkyl halides is 1. The maximum Gasteiger partial charge on any atom is 0.242 e. The second-order valence-corrected chi connectivity index (χ2v) is 6.19. The second kappa shape index (κ2) is 5.01. The minimum Gasteiger partial charge on any atom is -0.322 e. The van der Waals surface area contributed by atoms with Gasteiger partial charge in [-0.1, -0.05) is 0 Å². The molecule has 1 rings (SSSR count). The summed E-state index contributed by atoms with van der Waals surface area (Å²) < 4.78 is 35.8. The minimum absolute atomic E-state index is 0.0728. The molecule has 0 heterocycles. The normalized spacial score (nSPS) is 13.2. The summed E-state index contributed by atoms with van der Waals surface area (Å²) in [7, 11) is -3.45. The zero-order valence-corrected chi connectivity index (χ0v) is 10.8. The number of benzene rings is 1. The Morgan fingerprint density at radius 3 is 2.53 bits per heavy atom. The SMILES string of the molecule is CC(Cl)C(=O)Nc1cc(S(C)(=O)=O)ccc1F. The summed E-state index contributed by atoms with van der Waals surface area (Å²) >= 11 is 5.51. The lowest BCUT2D eigenvalue weighted by Crippen LogP contribution is -2.21. The molecule has 4 nitrogen and oxygen atoms in total. The Balaban J connectivity index is 3.12. The van der Waals surface area contributed by atoms with Crippen molar-refractivity contribution in [2.24, 2.45) is 0 Å². The van der Waals surface area contributed by atoms with Crippen molar-refractivity contribution in [2.45, 2.75) is 17.2 Å². The summed E-state index contributed by atoms with van der Waals surface area (Å²) in [5, 5.41) is 1.38. The molecule has 94 valence electrons. The van der Waals surface area contributed by atoms with Gasteiger partial charge in [-0.05, 0) is 25.1 Å². The minimum atomic E-state index is -3.45. The molecule has 0 aliphatic rings. The van der Waals surface area contributed by atoms with E-state index in [1.54, 1.807) is 0 Å². The first-order chi connectivity index (χ1) is 7.71. The van der Waals surface area contributed by atoms with Crippen molar-refractivity contribution in [3.05, 3.63) is 24.0 Å². The first-order valence-corrected chi connectivity index (χ1v) is 6.99. The van der Waals surface area contributed by atoms with E-state index >= 15 is 0 Å². The fourth-order valence-electron chi connectivity index (χ4n) is 1.06. The van der Waals surface area contributed by atoms with Crippen LogP contribution in [0.25, 0.3) is 0 Å². The predicted molar refractivity (Wildman–Crippen MR) is 63.5 cm³/mol. The number of nitrogens with one attached hydrogen (secondary N) is 1. The van der Waals surface area contributed by atoms with E-state index in [9.17, 15) is 17.6 Å². The second-order valence-electron chi connectivity index (χ2n) is 3.52. The van der Waals surface area contributed by atoms with Crippen LogP contribution < -0.4 is 5.32 Å². The number of amides is 1. The Bertz CT molecular complexity index is 542. The van der Waals surface area contributed by atoms with Gasteiger partial charge in [-0.2, -0.15) is 0 Å². The zero-order chi connectivity index (χ0) is 13.2. The number of anilines is 1. The van der Waals surface area contributed by atoms with Gasteiger partial charge in [0.15, 0.2) is 9.84 Å². The molecule has 0 saturated heterocycles. The molecule has 0 fully saturated rings. The molecule has 1 unspecified atom stereocenters. The van der Waals surface area contributed by atoms with Crippen LogP contribution in [0.3, 0.4) is 0 Å². The third-order valence-corrected chi connectivity index (χ3v) is 3.29. The number of hydrogen-bond donors (Lipinski definition) is 1. The lowest BCUT2D eigenvalue weighted by Gasteiger charge is -2.08. The molecule has 0 aliphatic carbocycles. The van der Waals surface area contributed by atoms with Gasteiger partial charge in [0, 0.05) is 6.26 Å². The Labute approximate surface area is 104 Å². The van der Waals surface area contributed by atoms with E-state index in [-0.39, 0.29) is 10.6 Å². The number of hydrogen-bond acceptors (Lipinski definition) is 3. The molecular weight excluding hydrogens is 269 g/mol. The topological polar surface area (TPSA) is 63.2 Å². The Kier molecular flexibility index (Phi) is 4.11. The zero-order valence-electron chi connectivity index (χ0n) is 9.20. The number of halogens is 2. The number of sulfone groups is 1. The monoisotopic (exact) mass is 279 g/mol. The molecule has 0 radical (unpaired) electrons. The van der Waals surface area contributed by atoms with Gasteiger partial charge in [0.2, 0.25) is 5.91 Å². The van der Waals surface area contributed by atoms with Gasteiger partial charge in [0.05, 0.1) is 10.6 Å². The average molecular weight is 280 g/mol. The molecule has 1 amide bonds. The highest BCUT2D eigenvalue weighted by Crippen LogP contribution is 2.20. The first-order valence-electron chi connectivity index (χ1n) is 4.66. The molecule has 0 spiro atoms. The molecule has 1 aromatic carbocycles. The van der Waals surface area contributed by atoms with Crippen LogP contribution in [0.5, 0.6) is 0 Å². The Morgan fingerprint density at radius 1 is 1.47 bits per heavy atom. The first kappa shape index (κ1) is 13.9. The molecule has 0 aliphatic heterocycles. The van der Waals surface area contributed by atoms with Gasteiger partial charge in [0.25, 0.3) is 0 Å². The molecule has 17 heavy (non-hydrogen) atoms. The molecule has 1 aromatic rings. The van der Waals surface area contributed by atoms with Gasteiger partial charge < -0.3 is 5.32 Å². The summed E-state index contributed by atoms with van der Waals surface area (Å²) in [5.74, 6) is -1.32. The van der Waals surface area contributed by atoms with E-state index < -0.39 is 26.9 Å². The van der Waals surface area contributed by atoms with Gasteiger partial charge in [-0.3, -0.25) is 4.79 Å². The highest BCUT2D eigenvalue weighted by Gasteiger charge is 2.15. The van der Waals surface area contributed by atoms with Gasteiger partial charge in [-0.25, -0.2) is 12.8 Å². The van der Waals surface area contributed by atoms with Gasteiger partial charge >= 0.3 is 0 Å². The Hall–Kier alpha value is -1.14. The lowest BCUT2D eigenvalue weighted by atomic mass is 10.3. The van der Waals surface area contributed by atoms with E-state index in [0.717, 1.165) is 24.5 Å². The van der Waals surface area contributed by atoms with E-state index in [1.807, 2.05) is 0 Å². The summed E-state index contributed by atoms with van der Waals surface area (Å²) in [4.78, 5) is 11.2. The molecule has 0 saturated carbocycles. The third kappa shape index (κ3) is 3.67. The highest BCUT2D eigenvalue weighted by atomic mass is 35.5. The van der Waals surface area contributed by atoms with Crippen LogP contribution in [0.2, 0.25) is 0 Å². The highest BCUT2D eigenvalue weighted by molar-refractivity contribution is 7.90. The largest absolute Gasteiger partial charge is 0.322 e. The summed E-state index contributed by atoms with van der Waals surface area (Å²) in [6, 6.07) is 3.16. The van der Waals surface area contributed by atoms with E-state index in [0.29, 0.717) is 0 Å². The van der Waals surface area contributed by atoms with Crippen LogP contribution in [0.1, 0.15) is 6.92 Å². The van der Waals surface area contributed by atoms with E-state index in [4.69, 9.17) is 11.6 Å². The molecule has 0 bridgehead atoms. The predicted octanol–water partition coefficient (Wildman–Crippen LogP) is 1.79. The van der Waals surface area contributed by atoms with Crippen LogP contribution in [0, 0.1) is 5.82 Å². The van der Waals surface area contributed by atoms with Gasteiger partial charge in [-0.15, -0.1) is 11.6 Å². The maximum atomic E-state index is 13.3. The summed E-state index contributed by atoms with van der Waals surface area (Å²) in [6.45, 7) is 1.43. The van der Waals surface area contributed by atoms with Crippen LogP contribution in [-0.4, -0.2) is 26.0 Å². The Morgan fingerprint density at radius 2 is 2.06 bits per heavy atom. The standard InChI is InChI=1S/C10H11ClFNO3S/c1-6(11)10(14)13-9-5-7(17(2,15)16)3-4-8(9)12/h3-6H,1-2H3,(H,13,14). The quantitative estimate of drug-likeness (QED) is 0.678. The molecule has 1 N–H and O–H groups in total. The fraction of sp³-hybridized carbons (Fsp3) is 0.300. The van der Waals surface area contributed by atoms with Crippen LogP contribution in [0.4, 0.5) is 10.1 Å². The number of carbonyl (C=O) groups is 1. The maximum absolute atomic E-state index is 13.3. The molecule has 7 heteroatoms. The van der Waals surface area contributed by atoms with Crippen molar-refractivity contribution >= 4 is 33.0 Å². The van der Waals surface area contributed by atoms with Crippen molar-refractivity contribution in [3.63, 3.8) is 0 Å². The van der Waals surface area contributed by atoms with Crippen LogP contribution in [0.15, 0.2) is 23.1 Å². The third-order valence-electron chi connectivity index (χ3n) is 1.99. The van der Waals surface area contributed by atoms with E-state index in [1.165, 1.54) is 6.92 Å². The van der Waals surface area contributed by atoms with Crippen molar-refractivity contribution < 1.29 is 17.6 Å². The molecule has 1 atom stereocenters. The van der Waals surface area contributed by atoms with Crippen molar-refractivity contribution in [1.82, 2.24) is 0 Å². The van der Waals surface area contributed by atoms with Crippen LogP contribution >= 0.6 is 11.6 Å². The van der Waals surface area contributed by atoms with Gasteiger partial charge in [0.1, 0.15) is 11.2 Å². The molecule has 0 aromatic heterocycles. The van der Waals surface area contributed by atoms with Crippen molar-refractivity contribution in [3.8, 4) is 0 Å². The lowest BCUT2D eigenvalue weighted by molar-refractivity contribution is -0.115. The smallest absolute Gasteiger partial charge is 0.242 e. The summed E-state index contributed by atoms with van der Waals surface area (Å²) in [6.07, 6.45) is 0.996.